The fourth-order valence-electron chi connectivity index (χ4n) is 3.05. The monoisotopic (exact) mass is 317 g/mol. The first kappa shape index (κ1) is 17.2. The van der Waals surface area contributed by atoms with Gasteiger partial charge in [0.25, 0.3) is 0 Å². The lowest BCUT2D eigenvalue weighted by molar-refractivity contribution is -0.161. The van der Waals surface area contributed by atoms with Crippen molar-refractivity contribution in [3.63, 3.8) is 0 Å². The van der Waals surface area contributed by atoms with Crippen molar-refractivity contribution in [1.82, 2.24) is 4.90 Å². The highest BCUT2D eigenvalue weighted by Gasteiger charge is 2.43. The Kier molecular flexibility index (Phi) is 5.53. The first-order valence-corrected chi connectivity index (χ1v) is 8.07. The summed E-state index contributed by atoms with van der Waals surface area (Å²) in [6.45, 7) is 2.09. The van der Waals surface area contributed by atoms with Gasteiger partial charge in [0.1, 0.15) is 5.54 Å². The molecule has 1 fully saturated rings. The number of carbonyl (C=O) groups is 3. The fourth-order valence-corrected chi connectivity index (χ4v) is 3.05. The third-order valence-corrected chi connectivity index (χ3v) is 4.54. The van der Waals surface area contributed by atoms with Crippen LogP contribution in [0.4, 0.5) is 0 Å². The topological polar surface area (TPSA) is 74.7 Å². The van der Waals surface area contributed by atoms with Gasteiger partial charge in [-0.2, -0.15) is 0 Å². The molecule has 0 spiro atoms. The van der Waals surface area contributed by atoms with Crippen LogP contribution < -0.4 is 0 Å². The van der Waals surface area contributed by atoms with Crippen LogP contribution in [-0.2, 0) is 9.59 Å². The summed E-state index contributed by atoms with van der Waals surface area (Å²) in [6.07, 6.45) is 3.08. The molecule has 124 valence electrons. The van der Waals surface area contributed by atoms with Crippen molar-refractivity contribution in [2.45, 2.75) is 51.0 Å². The van der Waals surface area contributed by atoms with Gasteiger partial charge in [-0.25, -0.2) is 4.79 Å². The molecule has 0 aromatic heterocycles. The summed E-state index contributed by atoms with van der Waals surface area (Å²) >= 11 is 0. The second-order valence-corrected chi connectivity index (χ2v) is 6.22. The number of hydrogen-bond acceptors (Lipinski definition) is 3. The summed E-state index contributed by atoms with van der Waals surface area (Å²) in [6, 6.07) is 8.99. The number of hydrogen-bond donors (Lipinski definition) is 1. The van der Waals surface area contributed by atoms with Crippen LogP contribution in [0.3, 0.4) is 0 Å². The molecule has 1 unspecified atom stereocenters. The van der Waals surface area contributed by atoms with E-state index < -0.39 is 11.5 Å². The first-order valence-electron chi connectivity index (χ1n) is 8.07. The van der Waals surface area contributed by atoms with Crippen molar-refractivity contribution in [3.05, 3.63) is 35.9 Å². The van der Waals surface area contributed by atoms with E-state index in [9.17, 15) is 19.5 Å². The number of ketones is 1. The maximum atomic E-state index is 12.4. The molecule has 5 heteroatoms. The highest BCUT2D eigenvalue weighted by atomic mass is 16.4. The van der Waals surface area contributed by atoms with Gasteiger partial charge < -0.3 is 10.0 Å². The maximum Gasteiger partial charge on any atom is 0.329 e. The maximum absolute atomic E-state index is 12.4. The normalized spacial score (nSPS) is 21.0. The van der Waals surface area contributed by atoms with Gasteiger partial charge in [-0.1, -0.05) is 30.3 Å². The van der Waals surface area contributed by atoms with E-state index in [4.69, 9.17) is 0 Å². The summed E-state index contributed by atoms with van der Waals surface area (Å²) in [5.74, 6) is -1.11. The Hall–Kier alpha value is -2.17. The molecule has 0 radical (unpaired) electrons. The first-order chi connectivity index (χ1) is 10.9. The average molecular weight is 317 g/mol. The minimum absolute atomic E-state index is 0.0121. The number of carbonyl (C=O) groups excluding carboxylic acids is 2. The standard InChI is InChI=1S/C18H23NO4/c1-18(17(22)23)12-5-6-13-19(18)16(21)11-7-10-15(20)14-8-3-2-4-9-14/h2-4,8-9H,5-7,10-13H2,1H3,(H,22,23). The van der Waals surface area contributed by atoms with Crippen LogP contribution in [0.15, 0.2) is 30.3 Å². The second kappa shape index (κ2) is 7.40. The van der Waals surface area contributed by atoms with Gasteiger partial charge in [-0.05, 0) is 32.6 Å². The van der Waals surface area contributed by atoms with E-state index in [-0.39, 0.29) is 18.1 Å². The van der Waals surface area contributed by atoms with Gasteiger partial charge in [-0.3, -0.25) is 9.59 Å². The molecule has 1 aliphatic rings. The Morgan fingerprint density at radius 2 is 1.83 bits per heavy atom. The number of carboxylic acid groups (broad SMARTS) is 1. The van der Waals surface area contributed by atoms with Gasteiger partial charge in [0.15, 0.2) is 5.78 Å². The Morgan fingerprint density at radius 1 is 1.13 bits per heavy atom. The minimum Gasteiger partial charge on any atom is -0.480 e. The molecule has 1 heterocycles. The molecule has 1 N–H and O–H groups in total. The van der Waals surface area contributed by atoms with Crippen LogP contribution >= 0.6 is 0 Å². The third kappa shape index (κ3) is 3.97. The van der Waals surface area contributed by atoms with Crippen LogP contribution in [0.2, 0.25) is 0 Å². The summed E-state index contributed by atoms with van der Waals surface area (Å²) in [7, 11) is 0. The van der Waals surface area contributed by atoms with Gasteiger partial charge in [0.05, 0.1) is 0 Å². The number of carboxylic acids is 1. The Morgan fingerprint density at radius 3 is 2.48 bits per heavy atom. The molecule has 2 rings (SSSR count). The summed E-state index contributed by atoms with van der Waals surface area (Å²) in [4.78, 5) is 37.4. The van der Waals surface area contributed by atoms with Crippen molar-refractivity contribution >= 4 is 17.7 Å². The SMILES string of the molecule is CC1(C(=O)O)CCCCN1C(=O)CCCC(=O)c1ccccc1. The number of likely N-dealkylation sites (tertiary alicyclic amines) is 1. The number of Topliss-reactive ketones (excluding diaryl/α,β-unsaturated/α-hetero) is 1. The predicted molar refractivity (Wildman–Crippen MR) is 86.2 cm³/mol. The van der Waals surface area contributed by atoms with E-state index in [0.29, 0.717) is 31.4 Å². The highest BCUT2D eigenvalue weighted by molar-refractivity contribution is 5.96. The van der Waals surface area contributed by atoms with E-state index in [2.05, 4.69) is 0 Å². The van der Waals surface area contributed by atoms with E-state index in [1.165, 1.54) is 4.90 Å². The molecule has 1 aromatic carbocycles. The van der Waals surface area contributed by atoms with Crippen LogP contribution in [0.5, 0.6) is 0 Å². The van der Waals surface area contributed by atoms with E-state index in [1.807, 2.05) is 18.2 Å². The van der Waals surface area contributed by atoms with Crippen LogP contribution in [0.1, 0.15) is 55.8 Å². The lowest BCUT2D eigenvalue weighted by Gasteiger charge is -2.41. The Bertz CT molecular complexity index is 584. The molecular weight excluding hydrogens is 294 g/mol. The zero-order valence-corrected chi connectivity index (χ0v) is 13.5. The largest absolute Gasteiger partial charge is 0.480 e. The van der Waals surface area contributed by atoms with Gasteiger partial charge in [0.2, 0.25) is 5.91 Å². The van der Waals surface area contributed by atoms with E-state index in [0.717, 1.165) is 12.8 Å². The van der Waals surface area contributed by atoms with Crippen molar-refractivity contribution < 1.29 is 19.5 Å². The highest BCUT2D eigenvalue weighted by Crippen LogP contribution is 2.29. The molecule has 1 amide bonds. The molecule has 1 aromatic rings. The Labute approximate surface area is 136 Å². The van der Waals surface area contributed by atoms with E-state index >= 15 is 0 Å². The average Bonchev–Trinajstić information content (AvgIpc) is 2.55. The van der Waals surface area contributed by atoms with Crippen molar-refractivity contribution in [2.24, 2.45) is 0 Å². The summed E-state index contributed by atoms with van der Waals surface area (Å²) in [5, 5.41) is 9.43. The minimum atomic E-state index is -1.11. The molecule has 1 saturated heterocycles. The lowest BCUT2D eigenvalue weighted by atomic mass is 9.88. The van der Waals surface area contributed by atoms with Crippen molar-refractivity contribution in [1.29, 1.82) is 0 Å². The predicted octanol–water partition coefficient (Wildman–Crippen LogP) is 2.90. The molecule has 23 heavy (non-hydrogen) atoms. The number of amides is 1. The number of benzene rings is 1. The van der Waals surface area contributed by atoms with Gasteiger partial charge in [0, 0.05) is 24.9 Å². The lowest BCUT2D eigenvalue weighted by Crippen LogP contribution is -2.57. The van der Waals surface area contributed by atoms with Crippen LogP contribution in [0.25, 0.3) is 0 Å². The fraction of sp³-hybridized carbons (Fsp3) is 0.500. The second-order valence-electron chi connectivity index (χ2n) is 6.22. The molecule has 0 saturated carbocycles. The molecule has 1 atom stereocenters. The molecule has 0 aliphatic carbocycles. The zero-order valence-electron chi connectivity index (χ0n) is 13.5. The zero-order chi connectivity index (χ0) is 16.9. The summed E-state index contributed by atoms with van der Waals surface area (Å²) in [5.41, 5.74) is -0.466. The van der Waals surface area contributed by atoms with Gasteiger partial charge in [-0.15, -0.1) is 0 Å². The number of nitrogens with zero attached hydrogens (tertiary/aromatic N) is 1. The molecule has 5 nitrogen and oxygen atoms in total. The van der Waals surface area contributed by atoms with Crippen molar-refractivity contribution in [2.75, 3.05) is 6.54 Å². The number of piperidine rings is 1. The van der Waals surface area contributed by atoms with Crippen molar-refractivity contribution in [3.8, 4) is 0 Å². The van der Waals surface area contributed by atoms with Gasteiger partial charge >= 0.3 is 5.97 Å². The Balaban J connectivity index is 1.89. The number of rotatable bonds is 6. The molecule has 0 bridgehead atoms. The van der Waals surface area contributed by atoms with Crippen LogP contribution in [0, 0.1) is 0 Å². The molecule has 1 aliphatic heterocycles. The molecular formula is C18H23NO4. The quantitative estimate of drug-likeness (QED) is 0.819. The summed E-state index contributed by atoms with van der Waals surface area (Å²) < 4.78 is 0. The van der Waals surface area contributed by atoms with E-state index in [1.54, 1.807) is 19.1 Å². The van der Waals surface area contributed by atoms with Crippen LogP contribution in [-0.4, -0.2) is 39.7 Å². The third-order valence-electron chi connectivity index (χ3n) is 4.54. The number of aliphatic carboxylic acids is 1. The smallest absolute Gasteiger partial charge is 0.329 e.